The Hall–Kier alpha value is -4.93. The number of unbranched alkanes of at least 4 members (excludes halogenated alkanes) is 22. The third kappa shape index (κ3) is 28.9. The third-order valence-corrected chi connectivity index (χ3v) is 13.1. The second-order valence-corrected chi connectivity index (χ2v) is 20.9. The summed E-state index contributed by atoms with van der Waals surface area (Å²) in [4.78, 5) is 66.2. The van der Waals surface area contributed by atoms with E-state index in [1.807, 2.05) is 48.5 Å². The van der Waals surface area contributed by atoms with Gasteiger partial charge in [-0.05, 0) is 107 Å². The largest absolute Gasteiger partial charge is 0.462 e. The first-order chi connectivity index (χ1) is 35.4. The molecule has 1 aliphatic carbocycles. The van der Waals surface area contributed by atoms with Gasteiger partial charge in [-0.25, -0.2) is 9.59 Å². The monoisotopic (exact) mass is 1010 g/mol. The number of fused-ring (bicyclic) bond motifs is 3. The summed E-state index contributed by atoms with van der Waals surface area (Å²) in [5, 5.41) is 2.52. The van der Waals surface area contributed by atoms with Crippen LogP contribution in [0.4, 0.5) is 4.79 Å². The topological polar surface area (TPSA) is 144 Å². The molecule has 1 N–H and O–H groups in total. The molecule has 0 radical (unpaired) electrons. The van der Waals surface area contributed by atoms with Crippen molar-refractivity contribution >= 4 is 30.0 Å². The van der Waals surface area contributed by atoms with Crippen LogP contribution in [0.3, 0.4) is 0 Å². The summed E-state index contributed by atoms with van der Waals surface area (Å²) in [6, 6.07) is 14.4. The lowest BCUT2D eigenvalue weighted by Crippen LogP contribution is -2.45. The highest BCUT2D eigenvalue weighted by Gasteiger charge is 2.32. The Labute approximate surface area is 440 Å². The van der Waals surface area contributed by atoms with E-state index in [1.165, 1.54) is 77.0 Å². The Bertz CT molecular complexity index is 1870. The van der Waals surface area contributed by atoms with Crippen LogP contribution in [0.15, 0.2) is 72.8 Å². The fraction of sp³-hybridized carbons (Fsp3) is 0.661. The smallest absolute Gasteiger partial charge is 0.407 e. The molecule has 2 aromatic carbocycles. The van der Waals surface area contributed by atoms with Gasteiger partial charge < -0.3 is 29.0 Å². The van der Waals surface area contributed by atoms with E-state index in [0.717, 1.165) is 99.3 Å². The molecule has 0 spiro atoms. The summed E-state index contributed by atoms with van der Waals surface area (Å²) in [6.07, 6.45) is 36.7. The van der Waals surface area contributed by atoms with Gasteiger partial charge >= 0.3 is 30.0 Å². The van der Waals surface area contributed by atoms with Crippen molar-refractivity contribution in [2.75, 3.05) is 19.8 Å². The van der Waals surface area contributed by atoms with E-state index in [9.17, 15) is 24.0 Å². The molecule has 73 heavy (non-hydrogen) atoms. The quantitative estimate of drug-likeness (QED) is 0.0296. The maximum Gasteiger partial charge on any atom is 0.407 e. The van der Waals surface area contributed by atoms with Crippen molar-refractivity contribution in [1.82, 2.24) is 5.32 Å². The third-order valence-electron chi connectivity index (χ3n) is 13.1. The van der Waals surface area contributed by atoms with Crippen molar-refractivity contribution in [3.63, 3.8) is 0 Å². The van der Waals surface area contributed by atoms with Gasteiger partial charge in [-0.15, -0.1) is 0 Å². The number of rotatable bonds is 41. The molecule has 0 saturated heterocycles. The van der Waals surface area contributed by atoms with Crippen molar-refractivity contribution in [2.24, 2.45) is 0 Å². The summed E-state index contributed by atoms with van der Waals surface area (Å²) in [7, 11) is 0. The molecule has 3 rings (SSSR count). The number of esters is 4. The number of hydrogen-bond donors (Lipinski definition) is 1. The van der Waals surface area contributed by atoms with E-state index < -0.39 is 60.7 Å². The second kappa shape index (κ2) is 38.6. The molecule has 0 heterocycles. The molecule has 1 amide bonds. The van der Waals surface area contributed by atoms with Crippen LogP contribution < -0.4 is 5.32 Å². The highest BCUT2D eigenvalue weighted by molar-refractivity contribution is 5.86. The first-order valence-corrected chi connectivity index (χ1v) is 28.6. The summed E-state index contributed by atoms with van der Waals surface area (Å²) in [5.74, 6) is -2.84. The Morgan fingerprint density at radius 1 is 0.521 bits per heavy atom. The predicted molar refractivity (Wildman–Crippen MR) is 293 cm³/mol. The number of ether oxygens (including phenoxy) is 5. The number of carbonyl (C=O) groups is 5. The van der Waals surface area contributed by atoms with Crippen LogP contribution in [-0.4, -0.2) is 67.5 Å². The first kappa shape index (κ1) is 62.4. The predicted octanol–water partition coefficient (Wildman–Crippen LogP) is 15.7. The minimum atomic E-state index is -1.48. The summed E-state index contributed by atoms with van der Waals surface area (Å²) in [5.41, 5.74) is 3.32. The summed E-state index contributed by atoms with van der Waals surface area (Å²) < 4.78 is 28.1. The standard InChI is InChI=1S/C62H95NO10/c1-6-8-10-12-14-16-18-20-22-24-26-28-30-32-34-44-57(64)69-47-50(72-58(65)45-35-33-31-29-27-25-23-21-19-17-15-13-11-9-7-2)48-70-60(67)56(46-59(66)73-62(3,4)5)63-61(68)71-49-55-53-42-38-36-40-51(53)52-41-37-39-43-54(52)55/h20-23,36-43,50,55-56H,6-19,24-35,44-49H2,1-5H3,(H,63,68)/b22-20-,23-21-/t50?,56-/m0/s1. The van der Waals surface area contributed by atoms with Gasteiger partial charge in [0.25, 0.3) is 0 Å². The van der Waals surface area contributed by atoms with Gasteiger partial charge in [-0.3, -0.25) is 14.4 Å². The maximum absolute atomic E-state index is 13.7. The average molecular weight is 1010 g/mol. The molecule has 0 fully saturated rings. The van der Waals surface area contributed by atoms with Gasteiger partial charge in [0.2, 0.25) is 0 Å². The van der Waals surface area contributed by atoms with E-state index in [-0.39, 0.29) is 32.0 Å². The molecule has 0 saturated carbocycles. The van der Waals surface area contributed by atoms with E-state index in [2.05, 4.69) is 43.5 Å². The van der Waals surface area contributed by atoms with Gasteiger partial charge in [0.1, 0.15) is 31.5 Å². The van der Waals surface area contributed by atoms with Gasteiger partial charge in [-0.1, -0.05) is 189 Å². The van der Waals surface area contributed by atoms with Gasteiger partial charge in [0.15, 0.2) is 6.10 Å². The second-order valence-electron chi connectivity index (χ2n) is 20.9. The SMILES string of the molecule is CCCCCCCC/C=C\CCCCCCCC(=O)OCC(COC(=O)[C@H](CC(=O)OC(C)(C)C)NC(=O)OCC1c2ccccc2-c2ccccc21)OC(=O)CCCCCCC/C=C\CCCCCCCC. The van der Waals surface area contributed by atoms with Crippen molar-refractivity contribution in [3.05, 3.63) is 84.0 Å². The molecule has 0 aliphatic heterocycles. The fourth-order valence-electron chi connectivity index (χ4n) is 9.10. The van der Waals surface area contributed by atoms with Crippen molar-refractivity contribution in [1.29, 1.82) is 0 Å². The number of benzene rings is 2. The zero-order valence-corrected chi connectivity index (χ0v) is 45.9. The van der Waals surface area contributed by atoms with Crippen molar-refractivity contribution < 1.29 is 47.7 Å². The number of allylic oxidation sites excluding steroid dienone is 4. The Morgan fingerprint density at radius 3 is 1.42 bits per heavy atom. The lowest BCUT2D eigenvalue weighted by Gasteiger charge is -2.23. The van der Waals surface area contributed by atoms with Crippen LogP contribution in [-0.2, 0) is 42.9 Å². The Morgan fingerprint density at radius 2 is 0.945 bits per heavy atom. The molecule has 2 atom stereocenters. The van der Waals surface area contributed by atoms with Crippen molar-refractivity contribution in [2.45, 2.75) is 244 Å². The number of amides is 1. The molecule has 408 valence electrons. The Kier molecular flexibility index (Phi) is 33.0. The normalized spacial score (nSPS) is 13.1. The molecule has 0 aromatic heterocycles. The van der Waals surface area contributed by atoms with Crippen LogP contribution in [0.2, 0.25) is 0 Å². The fourth-order valence-corrected chi connectivity index (χ4v) is 9.10. The van der Waals surface area contributed by atoms with Gasteiger partial charge in [0, 0.05) is 18.8 Å². The molecule has 2 aromatic rings. The zero-order valence-electron chi connectivity index (χ0n) is 45.9. The number of nitrogens with one attached hydrogen (secondary N) is 1. The van der Waals surface area contributed by atoms with Crippen molar-refractivity contribution in [3.8, 4) is 11.1 Å². The molecule has 1 unspecified atom stereocenters. The van der Waals surface area contributed by atoms with Gasteiger partial charge in [0.05, 0.1) is 6.42 Å². The molecule has 0 bridgehead atoms. The van der Waals surface area contributed by atoms with Crippen LogP contribution in [0.5, 0.6) is 0 Å². The van der Waals surface area contributed by atoms with E-state index in [1.54, 1.807) is 20.8 Å². The summed E-state index contributed by atoms with van der Waals surface area (Å²) in [6.45, 7) is 8.80. The number of alkyl carbamates (subject to hydrolysis) is 1. The minimum Gasteiger partial charge on any atom is -0.462 e. The lowest BCUT2D eigenvalue weighted by molar-refractivity contribution is -0.169. The average Bonchev–Trinajstić information content (AvgIpc) is 3.68. The van der Waals surface area contributed by atoms with Crippen LogP contribution >= 0.6 is 0 Å². The van der Waals surface area contributed by atoms with Gasteiger partial charge in [-0.2, -0.15) is 0 Å². The molecular formula is C62H95NO10. The number of hydrogen-bond acceptors (Lipinski definition) is 10. The van der Waals surface area contributed by atoms with E-state index in [4.69, 9.17) is 23.7 Å². The van der Waals surface area contributed by atoms with Crippen LogP contribution in [0.25, 0.3) is 11.1 Å². The van der Waals surface area contributed by atoms with Crippen LogP contribution in [0.1, 0.15) is 238 Å². The molecule has 11 nitrogen and oxygen atoms in total. The Balaban J connectivity index is 1.51. The van der Waals surface area contributed by atoms with E-state index in [0.29, 0.717) is 12.8 Å². The first-order valence-electron chi connectivity index (χ1n) is 28.6. The highest BCUT2D eigenvalue weighted by Crippen LogP contribution is 2.44. The molecule has 11 heteroatoms. The highest BCUT2D eigenvalue weighted by atomic mass is 16.6. The maximum atomic E-state index is 13.7. The lowest BCUT2D eigenvalue weighted by atomic mass is 9.98. The molecule has 1 aliphatic rings. The van der Waals surface area contributed by atoms with Crippen LogP contribution in [0, 0.1) is 0 Å². The molecular weight excluding hydrogens is 919 g/mol. The minimum absolute atomic E-state index is 0.00877. The zero-order chi connectivity index (χ0) is 52.8. The van der Waals surface area contributed by atoms with E-state index >= 15 is 0 Å². The number of carbonyl (C=O) groups excluding carboxylic acids is 5. The summed E-state index contributed by atoms with van der Waals surface area (Å²) >= 11 is 0.